The Morgan fingerprint density at radius 2 is 1.90 bits per heavy atom. The van der Waals surface area contributed by atoms with Gasteiger partial charge in [-0.05, 0) is 5.56 Å². The van der Waals surface area contributed by atoms with E-state index in [2.05, 4.69) is 5.32 Å². The normalized spacial score (nSPS) is 11.4. The van der Waals surface area contributed by atoms with Crippen LogP contribution in [0.1, 0.15) is 12.0 Å². The van der Waals surface area contributed by atoms with Gasteiger partial charge in [0, 0.05) is 0 Å². The van der Waals surface area contributed by atoms with Gasteiger partial charge in [0.05, 0.1) is 6.42 Å². The van der Waals surface area contributed by atoms with Crippen LogP contribution in [0.3, 0.4) is 0 Å². The van der Waals surface area contributed by atoms with Crippen molar-refractivity contribution < 1.29 is 19.1 Å². The van der Waals surface area contributed by atoms with E-state index < -0.39 is 23.8 Å². The van der Waals surface area contributed by atoms with Crippen molar-refractivity contribution >= 4 is 29.4 Å². The Kier molecular flexibility index (Phi) is 6.52. The van der Waals surface area contributed by atoms with E-state index in [1.165, 1.54) is 0 Å². The summed E-state index contributed by atoms with van der Waals surface area (Å²) in [5, 5.41) is 2.25. The van der Waals surface area contributed by atoms with Crippen LogP contribution in [-0.4, -0.2) is 29.7 Å². The summed E-state index contributed by atoms with van der Waals surface area (Å²) < 4.78 is 4.99. The van der Waals surface area contributed by atoms with E-state index in [0.717, 1.165) is 5.56 Å². The lowest BCUT2D eigenvalue weighted by Gasteiger charge is -2.14. The summed E-state index contributed by atoms with van der Waals surface area (Å²) >= 11 is 5.30. The second-order valence-corrected chi connectivity index (χ2v) is 4.27. The van der Waals surface area contributed by atoms with E-state index >= 15 is 0 Å². The van der Waals surface area contributed by atoms with Crippen LogP contribution in [0.2, 0.25) is 0 Å². The Hall–Kier alpha value is -2.08. The summed E-state index contributed by atoms with van der Waals surface area (Å²) in [4.78, 5) is 33.8. The first-order chi connectivity index (χ1) is 9.52. The fourth-order valence-corrected chi connectivity index (χ4v) is 1.50. The number of halogens is 1. The molecule has 1 rings (SSSR count). The molecule has 1 aromatic rings. The van der Waals surface area contributed by atoms with Gasteiger partial charge in [0.15, 0.2) is 0 Å². The Morgan fingerprint density at radius 1 is 1.25 bits per heavy atom. The van der Waals surface area contributed by atoms with E-state index in [1.807, 2.05) is 18.2 Å². The molecule has 6 nitrogen and oxygen atoms in total. The minimum atomic E-state index is -1.12. The van der Waals surface area contributed by atoms with Gasteiger partial charge in [0.2, 0.25) is 11.8 Å². The lowest BCUT2D eigenvalue weighted by atomic mass is 10.2. The van der Waals surface area contributed by atoms with E-state index in [4.69, 9.17) is 22.1 Å². The number of benzene rings is 1. The highest BCUT2D eigenvalue weighted by Gasteiger charge is 2.22. The van der Waals surface area contributed by atoms with Crippen molar-refractivity contribution in [2.45, 2.75) is 19.1 Å². The molecule has 0 aliphatic carbocycles. The molecule has 0 aromatic heterocycles. The highest BCUT2D eigenvalue weighted by atomic mass is 35.5. The summed E-state index contributed by atoms with van der Waals surface area (Å²) in [7, 11) is 0. The molecular weight excluding hydrogens is 284 g/mol. The number of alkyl halides is 1. The molecule has 3 N–H and O–H groups in total. The number of nitrogens with two attached hydrogens (primary N) is 1. The predicted octanol–water partition coefficient (Wildman–Crippen LogP) is 0.329. The fourth-order valence-electron chi connectivity index (χ4n) is 1.42. The molecule has 1 atom stereocenters. The number of ether oxygens (including phenoxy) is 1. The Balaban J connectivity index is 2.46. The van der Waals surface area contributed by atoms with Crippen molar-refractivity contribution in [1.29, 1.82) is 0 Å². The lowest BCUT2D eigenvalue weighted by Crippen LogP contribution is -2.46. The van der Waals surface area contributed by atoms with Gasteiger partial charge in [-0.25, -0.2) is 0 Å². The molecule has 0 fully saturated rings. The van der Waals surface area contributed by atoms with Gasteiger partial charge in [0.1, 0.15) is 18.5 Å². The molecule has 0 unspecified atom stereocenters. The first kappa shape index (κ1) is 16.0. The molecule has 108 valence electrons. The molecule has 7 heteroatoms. The van der Waals surface area contributed by atoms with Crippen LogP contribution in [0.5, 0.6) is 0 Å². The largest absolute Gasteiger partial charge is 0.461 e. The van der Waals surface area contributed by atoms with Crippen LogP contribution in [0.15, 0.2) is 30.3 Å². The zero-order valence-electron chi connectivity index (χ0n) is 10.7. The first-order valence-corrected chi connectivity index (χ1v) is 6.40. The molecule has 0 heterocycles. The molecule has 0 radical (unpaired) electrons. The molecule has 0 spiro atoms. The highest BCUT2D eigenvalue weighted by Crippen LogP contribution is 2.03. The second-order valence-electron chi connectivity index (χ2n) is 4.01. The average Bonchev–Trinajstić information content (AvgIpc) is 2.45. The smallest absolute Gasteiger partial charge is 0.308 e. The third-order valence-corrected chi connectivity index (χ3v) is 2.66. The monoisotopic (exact) mass is 298 g/mol. The Labute approximate surface area is 121 Å². The highest BCUT2D eigenvalue weighted by molar-refractivity contribution is 6.27. The number of nitrogens with one attached hydrogen (secondary N) is 1. The van der Waals surface area contributed by atoms with Gasteiger partial charge in [-0.3, -0.25) is 14.4 Å². The van der Waals surface area contributed by atoms with Crippen molar-refractivity contribution in [2.75, 3.05) is 5.88 Å². The van der Waals surface area contributed by atoms with Gasteiger partial charge >= 0.3 is 5.97 Å². The molecule has 0 saturated carbocycles. The number of carbonyl (C=O) groups excluding carboxylic acids is 3. The Bertz CT molecular complexity index is 479. The molecule has 0 bridgehead atoms. The number of hydrogen-bond donors (Lipinski definition) is 2. The van der Waals surface area contributed by atoms with E-state index in [9.17, 15) is 14.4 Å². The number of esters is 1. The standard InChI is InChI=1S/C13H15ClN2O4/c14-7-11(17)16-10(13(15)19)6-12(18)20-8-9-4-2-1-3-5-9/h1-5,10H,6-8H2,(H2,15,19)(H,16,17)/t10-/m0/s1. The van der Waals surface area contributed by atoms with Crippen molar-refractivity contribution in [3.8, 4) is 0 Å². The third-order valence-electron chi connectivity index (χ3n) is 2.41. The van der Waals surface area contributed by atoms with Gasteiger partial charge in [-0.1, -0.05) is 30.3 Å². The van der Waals surface area contributed by atoms with E-state index in [-0.39, 0.29) is 18.9 Å². The summed E-state index contributed by atoms with van der Waals surface area (Å²) in [5.74, 6) is -2.35. The fraction of sp³-hybridized carbons (Fsp3) is 0.308. The molecule has 0 aliphatic heterocycles. The van der Waals surface area contributed by atoms with Crippen molar-refractivity contribution in [2.24, 2.45) is 5.73 Å². The minimum Gasteiger partial charge on any atom is -0.461 e. The lowest BCUT2D eigenvalue weighted by molar-refractivity contribution is -0.147. The molecule has 1 aromatic carbocycles. The van der Waals surface area contributed by atoms with Crippen molar-refractivity contribution in [3.63, 3.8) is 0 Å². The molecule has 0 aliphatic rings. The van der Waals surface area contributed by atoms with Gasteiger partial charge < -0.3 is 15.8 Å². The Morgan fingerprint density at radius 3 is 2.45 bits per heavy atom. The van der Waals surface area contributed by atoms with Crippen LogP contribution >= 0.6 is 11.6 Å². The maximum Gasteiger partial charge on any atom is 0.308 e. The summed E-state index contributed by atoms with van der Waals surface area (Å²) in [5.41, 5.74) is 5.91. The van der Waals surface area contributed by atoms with Crippen LogP contribution in [-0.2, 0) is 25.7 Å². The number of hydrogen-bond acceptors (Lipinski definition) is 4. The second kappa shape index (κ2) is 8.16. The number of carbonyl (C=O) groups is 3. The number of primary amides is 1. The summed E-state index contributed by atoms with van der Waals surface area (Å²) in [6.07, 6.45) is -0.329. The van der Waals surface area contributed by atoms with Crippen LogP contribution in [0.25, 0.3) is 0 Å². The quantitative estimate of drug-likeness (QED) is 0.560. The molecule has 2 amide bonds. The van der Waals surface area contributed by atoms with Crippen LogP contribution < -0.4 is 11.1 Å². The van der Waals surface area contributed by atoms with Crippen LogP contribution in [0.4, 0.5) is 0 Å². The molecule has 20 heavy (non-hydrogen) atoms. The maximum absolute atomic E-state index is 11.6. The first-order valence-electron chi connectivity index (χ1n) is 5.87. The number of rotatable bonds is 7. The van der Waals surface area contributed by atoms with Crippen molar-refractivity contribution in [1.82, 2.24) is 5.32 Å². The van der Waals surface area contributed by atoms with Crippen molar-refractivity contribution in [3.05, 3.63) is 35.9 Å². The zero-order valence-corrected chi connectivity index (χ0v) is 11.4. The van der Waals surface area contributed by atoms with E-state index in [1.54, 1.807) is 12.1 Å². The zero-order chi connectivity index (χ0) is 15.0. The van der Waals surface area contributed by atoms with Crippen LogP contribution in [0, 0.1) is 0 Å². The summed E-state index contributed by atoms with van der Waals surface area (Å²) in [6.45, 7) is 0.0919. The maximum atomic E-state index is 11.6. The number of amides is 2. The predicted molar refractivity (Wildman–Crippen MR) is 72.7 cm³/mol. The minimum absolute atomic E-state index is 0.0919. The SMILES string of the molecule is NC(=O)[C@H](CC(=O)OCc1ccccc1)NC(=O)CCl. The van der Waals surface area contributed by atoms with Gasteiger partial charge in [0.25, 0.3) is 0 Å². The topological polar surface area (TPSA) is 98.5 Å². The summed E-state index contributed by atoms with van der Waals surface area (Å²) in [6, 6.07) is 7.95. The average molecular weight is 299 g/mol. The van der Waals surface area contributed by atoms with Gasteiger partial charge in [-0.15, -0.1) is 11.6 Å². The van der Waals surface area contributed by atoms with E-state index in [0.29, 0.717) is 0 Å². The third kappa shape index (κ3) is 5.71. The molecular formula is C13H15ClN2O4. The molecule has 0 saturated heterocycles. The van der Waals surface area contributed by atoms with Gasteiger partial charge in [-0.2, -0.15) is 0 Å².